The molecule has 0 spiro atoms. The molecule has 13 nitrogen and oxygen atoms in total. The maximum absolute atomic E-state index is 12.6. The zero-order valence-corrected chi connectivity index (χ0v) is 22.1. The molecular weight excluding hydrogens is 487 g/mol. The maximum atomic E-state index is 12.6. The molecule has 2 atom stereocenters. The lowest BCUT2D eigenvalue weighted by Gasteiger charge is -2.46. The maximum Gasteiger partial charge on any atom is 0.410 e. The van der Waals surface area contributed by atoms with Crippen LogP contribution in [0.2, 0.25) is 0 Å². The van der Waals surface area contributed by atoms with Crippen LogP contribution in [0, 0.1) is 10.8 Å². The fraction of sp³-hybridized carbons (Fsp3) is 0.810. The molecule has 201 valence electrons. The highest BCUT2D eigenvalue weighted by atomic mass is 31.2. The molecule has 35 heavy (non-hydrogen) atoms. The van der Waals surface area contributed by atoms with Crippen LogP contribution in [0.5, 0.6) is 0 Å². The number of nitrogens with one attached hydrogen (secondary N) is 1. The summed E-state index contributed by atoms with van der Waals surface area (Å²) in [7, 11) is -2.73. The molecule has 1 radical (unpaired) electrons. The number of carbonyl (C=O) groups excluding carboxylic acids is 4. The number of ether oxygens (including phenoxy) is 3. The minimum atomic E-state index is -3.97. The van der Waals surface area contributed by atoms with Gasteiger partial charge < -0.3 is 29.3 Å². The highest BCUT2D eigenvalue weighted by Gasteiger charge is 2.52. The van der Waals surface area contributed by atoms with Gasteiger partial charge in [0.2, 0.25) is 12.7 Å². The number of methoxy groups -OCH3 is 1. The highest BCUT2D eigenvalue weighted by Crippen LogP contribution is 2.64. The summed E-state index contributed by atoms with van der Waals surface area (Å²) in [5.74, 6) is -1.69. The summed E-state index contributed by atoms with van der Waals surface area (Å²) in [5.41, 5.74) is -2.42. The van der Waals surface area contributed by atoms with E-state index in [-0.39, 0.29) is 32.7 Å². The molecule has 1 unspecified atom stereocenters. The molecule has 2 N–H and O–H groups in total. The van der Waals surface area contributed by atoms with Gasteiger partial charge in [-0.25, -0.2) is 4.79 Å². The molecular formula is C21H36N2O11P. The average Bonchev–Trinajstić information content (AvgIpc) is 2.71. The quantitative estimate of drug-likeness (QED) is 0.206. The Balaban J connectivity index is 1.84. The Morgan fingerprint density at radius 2 is 1.80 bits per heavy atom. The Morgan fingerprint density at radius 1 is 1.17 bits per heavy atom. The largest absolute Gasteiger partial charge is 0.469 e. The van der Waals surface area contributed by atoms with Crippen LogP contribution in [0.3, 0.4) is 0 Å². The Bertz CT molecular complexity index is 823. The molecule has 2 fully saturated rings. The monoisotopic (exact) mass is 523 g/mol. The molecule has 2 rings (SSSR count). The van der Waals surface area contributed by atoms with E-state index < -0.39 is 61.4 Å². The van der Waals surface area contributed by atoms with E-state index in [4.69, 9.17) is 23.0 Å². The van der Waals surface area contributed by atoms with Crippen LogP contribution >= 0.6 is 8.17 Å². The summed E-state index contributed by atoms with van der Waals surface area (Å²) in [4.78, 5) is 60.4. The van der Waals surface area contributed by atoms with Crippen LogP contribution in [0.4, 0.5) is 4.79 Å². The Hall–Kier alpha value is -2.05. The summed E-state index contributed by atoms with van der Waals surface area (Å²) >= 11 is 0. The van der Waals surface area contributed by atoms with Gasteiger partial charge in [0, 0.05) is 25.0 Å². The second kappa shape index (κ2) is 10.9. The lowest BCUT2D eigenvalue weighted by atomic mass is 9.82. The normalized spacial score (nSPS) is 25.1. The first-order valence-electron chi connectivity index (χ1n) is 11.1. The van der Waals surface area contributed by atoms with Crippen molar-refractivity contribution in [2.24, 2.45) is 10.8 Å². The van der Waals surface area contributed by atoms with E-state index >= 15 is 0 Å². The average molecular weight is 523 g/mol. The summed E-state index contributed by atoms with van der Waals surface area (Å²) in [6, 6.07) is 0. The molecule has 2 saturated heterocycles. The minimum Gasteiger partial charge on any atom is -0.469 e. The summed E-state index contributed by atoms with van der Waals surface area (Å²) in [6.45, 7) is 9.77. The van der Waals surface area contributed by atoms with E-state index in [1.165, 1.54) is 12.0 Å². The van der Waals surface area contributed by atoms with Gasteiger partial charge in [-0.3, -0.25) is 28.0 Å². The predicted molar refractivity (Wildman–Crippen MR) is 121 cm³/mol. The molecule has 14 heteroatoms. The highest BCUT2D eigenvalue weighted by molar-refractivity contribution is 7.55. The number of nitrogens with zero attached hydrogens (tertiary/aromatic N) is 1. The Kier molecular flexibility index (Phi) is 9.10. The lowest BCUT2D eigenvalue weighted by Crippen LogP contribution is -2.61. The number of hydrogen-bond donors (Lipinski definition) is 2. The van der Waals surface area contributed by atoms with Crippen molar-refractivity contribution in [3.8, 4) is 0 Å². The molecule has 0 aliphatic carbocycles. The van der Waals surface area contributed by atoms with Crippen LogP contribution < -0.4 is 5.32 Å². The fourth-order valence-electron chi connectivity index (χ4n) is 3.28. The SMILES string of the molecule is COC(=O)CCNC(=O)[C@@H]1O[P](O)(OCOC(=O)C2(C)CN(C(=O)OC(C)(C)C)C2)OCC1(C)C. The minimum absolute atomic E-state index is 0.0243. The van der Waals surface area contributed by atoms with Crippen LogP contribution in [0.1, 0.15) is 48.0 Å². The van der Waals surface area contributed by atoms with E-state index in [9.17, 15) is 24.1 Å². The number of hydrogen-bond acceptors (Lipinski definition) is 11. The van der Waals surface area contributed by atoms with Crippen molar-refractivity contribution in [3.05, 3.63) is 0 Å². The summed E-state index contributed by atoms with van der Waals surface area (Å²) in [5, 5.41) is 2.55. The fourth-order valence-corrected chi connectivity index (χ4v) is 4.81. The Morgan fingerprint density at radius 3 is 2.37 bits per heavy atom. The zero-order chi connectivity index (χ0) is 26.7. The van der Waals surface area contributed by atoms with Crippen LogP contribution in [-0.2, 0) is 42.2 Å². The van der Waals surface area contributed by atoms with Crippen molar-refractivity contribution in [3.63, 3.8) is 0 Å². The third kappa shape index (κ3) is 7.97. The van der Waals surface area contributed by atoms with E-state index in [0.717, 1.165) is 0 Å². The zero-order valence-electron chi connectivity index (χ0n) is 21.2. The molecule has 0 bridgehead atoms. The molecule has 2 amide bonds. The van der Waals surface area contributed by atoms with Crippen molar-refractivity contribution in [2.45, 2.75) is 59.7 Å². The van der Waals surface area contributed by atoms with Gasteiger partial charge >= 0.3 is 26.2 Å². The van der Waals surface area contributed by atoms with Gasteiger partial charge in [-0.2, -0.15) is 0 Å². The van der Waals surface area contributed by atoms with Crippen LogP contribution in [0.25, 0.3) is 0 Å². The van der Waals surface area contributed by atoms with Gasteiger partial charge in [-0.15, -0.1) is 0 Å². The van der Waals surface area contributed by atoms with Crippen molar-refractivity contribution < 1.29 is 51.9 Å². The van der Waals surface area contributed by atoms with Crippen molar-refractivity contribution in [2.75, 3.05) is 40.1 Å². The first-order valence-corrected chi connectivity index (χ1v) is 12.6. The van der Waals surface area contributed by atoms with Gasteiger partial charge in [0.1, 0.15) is 11.0 Å². The standard InChI is InChI=1S/C21H36N2O11P/c1-19(2,3)33-18(27)23-10-21(6,11-23)17(26)30-13-32-35(28)31-12-20(4,5)15(34-35)16(25)22-9-8-14(24)29-7/h15,28H,8-13H2,1-7H3,(H,22,25)/t15-/m0/s1. The van der Waals surface area contributed by atoms with Crippen molar-refractivity contribution in [1.29, 1.82) is 0 Å². The topological polar surface area (TPSA) is 159 Å². The number of likely N-dealkylation sites (tertiary alicyclic amines) is 1. The van der Waals surface area contributed by atoms with Crippen molar-refractivity contribution >= 4 is 32.1 Å². The number of carbonyl (C=O) groups is 4. The molecule has 2 aliphatic heterocycles. The molecule has 2 heterocycles. The molecule has 0 aromatic carbocycles. The second-order valence-corrected chi connectivity index (χ2v) is 12.1. The molecule has 0 saturated carbocycles. The molecule has 0 aromatic heterocycles. The van der Waals surface area contributed by atoms with Gasteiger partial charge in [0.05, 0.1) is 20.1 Å². The Labute approximate surface area is 205 Å². The summed E-state index contributed by atoms with van der Waals surface area (Å²) in [6.07, 6.45) is -1.70. The van der Waals surface area contributed by atoms with Crippen LogP contribution in [0.15, 0.2) is 0 Å². The number of esters is 2. The third-order valence-corrected chi connectivity index (χ3v) is 6.64. The van der Waals surface area contributed by atoms with E-state index in [1.807, 2.05) is 0 Å². The second-order valence-electron chi connectivity index (χ2n) is 10.4. The smallest absolute Gasteiger partial charge is 0.410 e. The van der Waals surface area contributed by atoms with Gasteiger partial charge in [0.25, 0.3) is 0 Å². The lowest BCUT2D eigenvalue weighted by molar-refractivity contribution is -0.175. The first kappa shape index (κ1) is 29.2. The van der Waals surface area contributed by atoms with Crippen LogP contribution in [-0.4, -0.2) is 85.6 Å². The van der Waals surface area contributed by atoms with E-state index in [1.54, 1.807) is 41.5 Å². The third-order valence-electron chi connectivity index (χ3n) is 5.27. The first-order chi connectivity index (χ1) is 16.0. The molecule has 2 aliphatic rings. The van der Waals surface area contributed by atoms with Gasteiger partial charge in [0.15, 0.2) is 6.10 Å². The number of amides is 2. The van der Waals surface area contributed by atoms with Gasteiger partial charge in [-0.05, 0) is 27.7 Å². The van der Waals surface area contributed by atoms with Crippen molar-refractivity contribution in [1.82, 2.24) is 10.2 Å². The predicted octanol–water partition coefficient (Wildman–Crippen LogP) is 1.55. The summed E-state index contributed by atoms with van der Waals surface area (Å²) < 4.78 is 30.9. The van der Waals surface area contributed by atoms with E-state index in [0.29, 0.717) is 0 Å². The van der Waals surface area contributed by atoms with Gasteiger partial charge in [-0.1, -0.05) is 13.8 Å². The molecule has 0 aromatic rings. The number of rotatable bonds is 8. The van der Waals surface area contributed by atoms with E-state index in [2.05, 4.69) is 10.1 Å².